The summed E-state index contributed by atoms with van der Waals surface area (Å²) in [5, 5.41) is 10.5. The molecule has 5 nitrogen and oxygen atoms in total. The number of aromatic nitrogens is 2. The van der Waals surface area contributed by atoms with Gasteiger partial charge in [0.1, 0.15) is 0 Å². The van der Waals surface area contributed by atoms with Crippen LogP contribution in [0.4, 0.5) is 0 Å². The standard InChI is InChI=1S/C11H18N4O/c1-7-10(8(2)15(3)14-7)11(16)13-9-4-5-12-6-9/h9,12H,4-6H2,1-3H3,(H,13,16)/t9-/m0/s1. The molecule has 0 aromatic carbocycles. The summed E-state index contributed by atoms with van der Waals surface area (Å²) in [4.78, 5) is 12.1. The molecule has 5 heteroatoms. The Hall–Kier alpha value is -1.36. The average Bonchev–Trinajstić information content (AvgIpc) is 2.77. The minimum atomic E-state index is -0.00296. The molecule has 1 aliphatic rings. The lowest BCUT2D eigenvalue weighted by molar-refractivity contribution is 0.0938. The van der Waals surface area contributed by atoms with Crippen molar-refractivity contribution in [2.24, 2.45) is 7.05 Å². The minimum Gasteiger partial charge on any atom is -0.348 e. The predicted octanol–water partition coefficient (Wildman–Crippen LogP) is 0.129. The molecule has 0 aliphatic carbocycles. The van der Waals surface area contributed by atoms with Crippen molar-refractivity contribution in [1.82, 2.24) is 20.4 Å². The van der Waals surface area contributed by atoms with Crippen LogP contribution in [-0.4, -0.2) is 34.8 Å². The normalized spacial score (nSPS) is 20.1. The largest absolute Gasteiger partial charge is 0.348 e. The smallest absolute Gasteiger partial charge is 0.255 e. The molecule has 1 fully saturated rings. The second kappa shape index (κ2) is 4.25. The molecular formula is C11H18N4O. The van der Waals surface area contributed by atoms with Gasteiger partial charge in [-0.1, -0.05) is 0 Å². The van der Waals surface area contributed by atoms with Crippen LogP contribution in [-0.2, 0) is 7.05 Å². The maximum Gasteiger partial charge on any atom is 0.255 e. The molecule has 2 heterocycles. The predicted molar refractivity (Wildman–Crippen MR) is 61.4 cm³/mol. The first-order valence-corrected chi connectivity index (χ1v) is 5.61. The third-order valence-corrected chi connectivity index (χ3v) is 3.13. The van der Waals surface area contributed by atoms with Crippen molar-refractivity contribution in [1.29, 1.82) is 0 Å². The van der Waals surface area contributed by atoms with E-state index in [1.54, 1.807) is 4.68 Å². The number of aryl methyl sites for hydroxylation is 2. The van der Waals surface area contributed by atoms with Gasteiger partial charge in [0.15, 0.2) is 0 Å². The van der Waals surface area contributed by atoms with Crippen LogP contribution < -0.4 is 10.6 Å². The van der Waals surface area contributed by atoms with E-state index >= 15 is 0 Å². The molecule has 0 bridgehead atoms. The number of amides is 1. The molecule has 1 atom stereocenters. The fraction of sp³-hybridized carbons (Fsp3) is 0.636. The van der Waals surface area contributed by atoms with Gasteiger partial charge in [-0.2, -0.15) is 5.10 Å². The molecule has 2 N–H and O–H groups in total. The van der Waals surface area contributed by atoms with Gasteiger partial charge in [0.2, 0.25) is 0 Å². The van der Waals surface area contributed by atoms with E-state index < -0.39 is 0 Å². The Morgan fingerprint density at radius 3 is 2.81 bits per heavy atom. The van der Waals surface area contributed by atoms with Gasteiger partial charge in [-0.3, -0.25) is 9.48 Å². The van der Waals surface area contributed by atoms with Crippen LogP contribution in [0.5, 0.6) is 0 Å². The van der Waals surface area contributed by atoms with E-state index in [4.69, 9.17) is 0 Å². The second-order valence-electron chi connectivity index (χ2n) is 4.33. The summed E-state index contributed by atoms with van der Waals surface area (Å²) in [5.74, 6) is -0.00296. The number of hydrogen-bond donors (Lipinski definition) is 2. The molecule has 1 saturated heterocycles. The quantitative estimate of drug-likeness (QED) is 0.747. The molecule has 1 aliphatic heterocycles. The highest BCUT2D eigenvalue weighted by Crippen LogP contribution is 2.12. The lowest BCUT2D eigenvalue weighted by atomic mass is 10.1. The number of carbonyl (C=O) groups excluding carboxylic acids is 1. The molecule has 16 heavy (non-hydrogen) atoms. The van der Waals surface area contributed by atoms with Crippen LogP contribution >= 0.6 is 0 Å². The minimum absolute atomic E-state index is 0.00296. The van der Waals surface area contributed by atoms with Gasteiger partial charge in [0, 0.05) is 25.3 Å². The highest BCUT2D eigenvalue weighted by atomic mass is 16.1. The average molecular weight is 222 g/mol. The van der Waals surface area contributed by atoms with Crippen LogP contribution in [0.25, 0.3) is 0 Å². The Balaban J connectivity index is 2.13. The molecule has 1 aromatic heterocycles. The van der Waals surface area contributed by atoms with Crippen LogP contribution in [0.15, 0.2) is 0 Å². The molecule has 2 rings (SSSR count). The lowest BCUT2D eigenvalue weighted by Gasteiger charge is -2.11. The molecular weight excluding hydrogens is 204 g/mol. The number of nitrogens with one attached hydrogen (secondary N) is 2. The van der Waals surface area contributed by atoms with Crippen molar-refractivity contribution in [3.63, 3.8) is 0 Å². The van der Waals surface area contributed by atoms with Gasteiger partial charge in [-0.15, -0.1) is 0 Å². The van der Waals surface area contributed by atoms with Crippen LogP contribution in [0.1, 0.15) is 28.2 Å². The Bertz CT molecular complexity index is 404. The third-order valence-electron chi connectivity index (χ3n) is 3.13. The summed E-state index contributed by atoms with van der Waals surface area (Å²) < 4.78 is 1.75. The number of carbonyl (C=O) groups is 1. The van der Waals surface area contributed by atoms with Gasteiger partial charge >= 0.3 is 0 Å². The zero-order chi connectivity index (χ0) is 11.7. The summed E-state index contributed by atoms with van der Waals surface area (Å²) in [6.07, 6.45) is 1.00. The first-order chi connectivity index (χ1) is 7.59. The van der Waals surface area contributed by atoms with Crippen molar-refractivity contribution >= 4 is 5.91 Å². The van der Waals surface area contributed by atoms with Crippen molar-refractivity contribution < 1.29 is 4.79 Å². The molecule has 0 spiro atoms. The Kier molecular flexibility index (Phi) is 2.96. The van der Waals surface area contributed by atoms with Crippen molar-refractivity contribution in [3.05, 3.63) is 17.0 Å². The van der Waals surface area contributed by atoms with Crippen molar-refractivity contribution in [3.8, 4) is 0 Å². The van der Waals surface area contributed by atoms with Crippen molar-refractivity contribution in [2.45, 2.75) is 26.3 Å². The number of rotatable bonds is 2. The Morgan fingerprint density at radius 2 is 2.31 bits per heavy atom. The topological polar surface area (TPSA) is 59.0 Å². The molecule has 0 radical (unpaired) electrons. The van der Waals surface area contributed by atoms with Gasteiger partial charge in [0.25, 0.3) is 5.91 Å². The Labute approximate surface area is 95.2 Å². The maximum absolute atomic E-state index is 12.1. The van der Waals surface area contributed by atoms with Gasteiger partial charge in [-0.05, 0) is 26.8 Å². The van der Waals surface area contributed by atoms with E-state index in [1.165, 1.54) is 0 Å². The summed E-state index contributed by atoms with van der Waals surface area (Å²) >= 11 is 0. The molecule has 1 aromatic rings. The SMILES string of the molecule is Cc1nn(C)c(C)c1C(=O)N[C@H]1CCNC1. The third kappa shape index (κ3) is 1.95. The molecule has 0 unspecified atom stereocenters. The van der Waals surface area contributed by atoms with E-state index in [0.29, 0.717) is 0 Å². The molecule has 0 saturated carbocycles. The maximum atomic E-state index is 12.1. The van der Waals surface area contributed by atoms with E-state index in [-0.39, 0.29) is 11.9 Å². The van der Waals surface area contributed by atoms with Gasteiger partial charge < -0.3 is 10.6 Å². The van der Waals surface area contributed by atoms with E-state index in [2.05, 4.69) is 15.7 Å². The fourth-order valence-corrected chi connectivity index (χ4v) is 2.14. The molecule has 88 valence electrons. The van der Waals surface area contributed by atoms with Crippen LogP contribution in [0, 0.1) is 13.8 Å². The highest BCUT2D eigenvalue weighted by molar-refractivity contribution is 5.96. The second-order valence-corrected chi connectivity index (χ2v) is 4.33. The van der Waals surface area contributed by atoms with E-state index in [1.807, 2.05) is 20.9 Å². The van der Waals surface area contributed by atoms with Crippen LogP contribution in [0.3, 0.4) is 0 Å². The van der Waals surface area contributed by atoms with Gasteiger partial charge in [-0.25, -0.2) is 0 Å². The summed E-state index contributed by atoms with van der Waals surface area (Å²) in [6.45, 7) is 5.64. The summed E-state index contributed by atoms with van der Waals surface area (Å²) in [7, 11) is 1.86. The zero-order valence-corrected chi connectivity index (χ0v) is 10.0. The van der Waals surface area contributed by atoms with Gasteiger partial charge in [0.05, 0.1) is 11.3 Å². The summed E-state index contributed by atoms with van der Waals surface area (Å²) in [5.41, 5.74) is 2.43. The fourth-order valence-electron chi connectivity index (χ4n) is 2.14. The monoisotopic (exact) mass is 222 g/mol. The first-order valence-electron chi connectivity index (χ1n) is 5.61. The number of nitrogens with zero attached hydrogens (tertiary/aromatic N) is 2. The highest BCUT2D eigenvalue weighted by Gasteiger charge is 2.21. The Morgan fingerprint density at radius 1 is 1.56 bits per heavy atom. The summed E-state index contributed by atoms with van der Waals surface area (Å²) in [6, 6.07) is 0.256. The van der Waals surface area contributed by atoms with Crippen LogP contribution in [0.2, 0.25) is 0 Å². The molecule has 1 amide bonds. The number of hydrogen-bond acceptors (Lipinski definition) is 3. The van der Waals surface area contributed by atoms with Crippen molar-refractivity contribution in [2.75, 3.05) is 13.1 Å². The van der Waals surface area contributed by atoms with E-state index in [0.717, 1.165) is 36.5 Å². The van der Waals surface area contributed by atoms with E-state index in [9.17, 15) is 4.79 Å². The first kappa shape index (κ1) is 11.1. The zero-order valence-electron chi connectivity index (χ0n) is 10.0. The lowest BCUT2D eigenvalue weighted by Crippen LogP contribution is -2.36.